The van der Waals surface area contributed by atoms with E-state index in [-0.39, 0.29) is 0 Å². The number of nitrogens with zero attached hydrogens (tertiary/aromatic N) is 1. The summed E-state index contributed by atoms with van der Waals surface area (Å²) in [4.78, 5) is 4.21. The lowest BCUT2D eigenvalue weighted by molar-refractivity contribution is 0.00642. The molecule has 0 aliphatic carbocycles. The molecule has 0 radical (unpaired) electrons. The molecule has 1 atom stereocenters. The molecule has 0 aliphatic rings. The molecule has 0 amide bonds. The molecule has 0 fully saturated rings. The normalized spacial score (nSPS) is 12.6. The molecule has 1 heterocycles. The van der Waals surface area contributed by atoms with Crippen molar-refractivity contribution in [3.05, 3.63) is 29.6 Å². The number of hydrogen-bond donors (Lipinski definition) is 2. The number of rotatable bonds is 10. The van der Waals surface area contributed by atoms with Crippen LogP contribution in [-0.4, -0.2) is 49.2 Å². The van der Waals surface area contributed by atoms with Gasteiger partial charge in [-0.15, -0.1) is 0 Å². The number of aliphatic hydroxyl groups excluding tert-OH is 1. The molecule has 1 aromatic rings. The summed E-state index contributed by atoms with van der Waals surface area (Å²) in [6.45, 7) is 7.22. The van der Waals surface area contributed by atoms with Crippen LogP contribution in [0.4, 0.5) is 0 Å². The van der Waals surface area contributed by atoms with Gasteiger partial charge in [0.05, 0.1) is 25.9 Å². The van der Waals surface area contributed by atoms with Gasteiger partial charge in [-0.1, -0.05) is 6.07 Å². The zero-order valence-corrected chi connectivity index (χ0v) is 11.8. The third kappa shape index (κ3) is 7.89. The van der Waals surface area contributed by atoms with Crippen molar-refractivity contribution in [1.82, 2.24) is 10.3 Å². The molecule has 1 rings (SSSR count). The molecular weight excluding hydrogens is 244 g/mol. The van der Waals surface area contributed by atoms with Crippen molar-refractivity contribution in [3.63, 3.8) is 0 Å². The topological polar surface area (TPSA) is 63.6 Å². The van der Waals surface area contributed by atoms with Crippen molar-refractivity contribution < 1.29 is 14.6 Å². The van der Waals surface area contributed by atoms with Gasteiger partial charge in [-0.25, -0.2) is 0 Å². The van der Waals surface area contributed by atoms with E-state index < -0.39 is 6.10 Å². The van der Waals surface area contributed by atoms with E-state index >= 15 is 0 Å². The van der Waals surface area contributed by atoms with Gasteiger partial charge in [0, 0.05) is 31.6 Å². The van der Waals surface area contributed by atoms with Crippen molar-refractivity contribution in [2.24, 2.45) is 0 Å². The van der Waals surface area contributed by atoms with E-state index in [1.54, 1.807) is 0 Å². The van der Waals surface area contributed by atoms with Gasteiger partial charge in [0.15, 0.2) is 0 Å². The lowest BCUT2D eigenvalue weighted by atomic mass is 10.2. The highest BCUT2D eigenvalue weighted by atomic mass is 16.5. The molecule has 1 aromatic heterocycles. The van der Waals surface area contributed by atoms with Gasteiger partial charge < -0.3 is 19.9 Å². The monoisotopic (exact) mass is 268 g/mol. The summed E-state index contributed by atoms with van der Waals surface area (Å²) < 4.78 is 10.4. The van der Waals surface area contributed by atoms with E-state index in [4.69, 9.17) is 9.47 Å². The molecule has 0 spiro atoms. The summed E-state index contributed by atoms with van der Waals surface area (Å²) in [5.74, 6) is 0. The van der Waals surface area contributed by atoms with E-state index in [9.17, 15) is 5.11 Å². The number of ether oxygens (including phenoxy) is 2. The molecule has 19 heavy (non-hydrogen) atoms. The highest BCUT2D eigenvalue weighted by Crippen LogP contribution is 1.98. The molecule has 0 saturated heterocycles. The Balaban J connectivity index is 2.03. The highest BCUT2D eigenvalue weighted by Gasteiger charge is 2.03. The van der Waals surface area contributed by atoms with Crippen molar-refractivity contribution in [2.45, 2.75) is 26.5 Å². The van der Waals surface area contributed by atoms with Gasteiger partial charge in [-0.2, -0.15) is 0 Å². The first-order valence-corrected chi connectivity index (χ1v) is 6.68. The Morgan fingerprint density at radius 3 is 2.79 bits per heavy atom. The first kappa shape index (κ1) is 16.0. The third-order valence-corrected chi connectivity index (χ3v) is 2.57. The Morgan fingerprint density at radius 2 is 2.11 bits per heavy atom. The first-order chi connectivity index (χ1) is 9.22. The Morgan fingerprint density at radius 1 is 1.32 bits per heavy atom. The van der Waals surface area contributed by atoms with Gasteiger partial charge in [-0.3, -0.25) is 4.98 Å². The lowest BCUT2D eigenvalue weighted by Gasteiger charge is -2.12. The molecule has 0 aliphatic heterocycles. The van der Waals surface area contributed by atoms with Crippen LogP contribution in [0.2, 0.25) is 0 Å². The van der Waals surface area contributed by atoms with Crippen LogP contribution in [0.15, 0.2) is 18.3 Å². The Labute approximate surface area is 115 Å². The maximum Gasteiger partial charge on any atom is 0.0897 e. The second-order valence-electron chi connectivity index (χ2n) is 4.36. The van der Waals surface area contributed by atoms with Crippen LogP contribution in [0.5, 0.6) is 0 Å². The molecule has 5 heteroatoms. The second-order valence-corrected chi connectivity index (χ2v) is 4.36. The van der Waals surface area contributed by atoms with E-state index in [1.807, 2.05) is 32.2 Å². The minimum atomic E-state index is -0.500. The summed E-state index contributed by atoms with van der Waals surface area (Å²) in [5.41, 5.74) is 2.11. The minimum absolute atomic E-state index is 0.326. The molecule has 1 unspecified atom stereocenters. The smallest absolute Gasteiger partial charge is 0.0897 e. The van der Waals surface area contributed by atoms with E-state index in [1.165, 1.54) is 0 Å². The molecular formula is C14H24N2O3. The average Bonchev–Trinajstić information content (AvgIpc) is 2.41. The number of aryl methyl sites for hydroxylation is 1. The van der Waals surface area contributed by atoms with Gasteiger partial charge in [0.25, 0.3) is 0 Å². The quantitative estimate of drug-likeness (QED) is 0.617. The second kappa shape index (κ2) is 9.86. The van der Waals surface area contributed by atoms with Gasteiger partial charge >= 0.3 is 0 Å². The Kier molecular flexibility index (Phi) is 8.33. The predicted octanol–water partition coefficient (Wildman–Crippen LogP) is 0.894. The fourth-order valence-electron chi connectivity index (χ4n) is 1.53. The van der Waals surface area contributed by atoms with Crippen molar-refractivity contribution >= 4 is 0 Å². The summed E-state index contributed by atoms with van der Waals surface area (Å²) in [7, 11) is 0. The summed E-state index contributed by atoms with van der Waals surface area (Å²) in [5, 5.41) is 12.9. The zero-order chi connectivity index (χ0) is 13.9. The fourth-order valence-corrected chi connectivity index (χ4v) is 1.53. The number of hydrogen-bond acceptors (Lipinski definition) is 5. The Bertz CT molecular complexity index is 330. The zero-order valence-electron chi connectivity index (χ0n) is 11.8. The van der Waals surface area contributed by atoms with Crippen LogP contribution in [0.3, 0.4) is 0 Å². The number of nitrogens with one attached hydrogen (secondary N) is 1. The molecule has 0 aromatic carbocycles. The van der Waals surface area contributed by atoms with Crippen LogP contribution < -0.4 is 5.32 Å². The molecule has 5 nitrogen and oxygen atoms in total. The molecule has 108 valence electrons. The van der Waals surface area contributed by atoms with E-state index in [0.29, 0.717) is 39.5 Å². The molecule has 2 N–H and O–H groups in total. The van der Waals surface area contributed by atoms with Crippen molar-refractivity contribution in [2.75, 3.05) is 33.0 Å². The van der Waals surface area contributed by atoms with Crippen molar-refractivity contribution in [3.8, 4) is 0 Å². The van der Waals surface area contributed by atoms with Gasteiger partial charge in [-0.05, 0) is 25.5 Å². The number of aromatic nitrogens is 1. The first-order valence-electron chi connectivity index (χ1n) is 6.68. The fraction of sp³-hybridized carbons (Fsp3) is 0.643. The SMILES string of the molecule is CCOCCOCC(O)CNCc1ccc(C)nc1. The summed E-state index contributed by atoms with van der Waals surface area (Å²) in [6.07, 6.45) is 1.34. The lowest BCUT2D eigenvalue weighted by Crippen LogP contribution is -2.30. The Hall–Kier alpha value is -1.01. The van der Waals surface area contributed by atoms with Crippen LogP contribution in [0.25, 0.3) is 0 Å². The molecule has 0 saturated carbocycles. The van der Waals surface area contributed by atoms with E-state index in [0.717, 1.165) is 11.3 Å². The van der Waals surface area contributed by atoms with Crippen LogP contribution in [-0.2, 0) is 16.0 Å². The highest BCUT2D eigenvalue weighted by molar-refractivity contribution is 5.12. The van der Waals surface area contributed by atoms with Crippen LogP contribution in [0, 0.1) is 6.92 Å². The summed E-state index contributed by atoms with van der Waals surface area (Å²) in [6, 6.07) is 4.00. The average molecular weight is 268 g/mol. The van der Waals surface area contributed by atoms with E-state index in [2.05, 4.69) is 10.3 Å². The van der Waals surface area contributed by atoms with Gasteiger partial charge in [0.2, 0.25) is 0 Å². The predicted molar refractivity (Wildman–Crippen MR) is 74.0 cm³/mol. The minimum Gasteiger partial charge on any atom is -0.389 e. The third-order valence-electron chi connectivity index (χ3n) is 2.57. The van der Waals surface area contributed by atoms with Gasteiger partial charge in [0.1, 0.15) is 0 Å². The van der Waals surface area contributed by atoms with Crippen LogP contribution >= 0.6 is 0 Å². The largest absolute Gasteiger partial charge is 0.389 e. The molecule has 0 bridgehead atoms. The van der Waals surface area contributed by atoms with Crippen LogP contribution in [0.1, 0.15) is 18.2 Å². The standard InChI is InChI=1S/C14H24N2O3/c1-3-18-6-7-19-11-14(17)10-15-8-13-5-4-12(2)16-9-13/h4-5,9,14-15,17H,3,6-8,10-11H2,1-2H3. The van der Waals surface area contributed by atoms with Crippen molar-refractivity contribution in [1.29, 1.82) is 0 Å². The number of aliphatic hydroxyl groups is 1. The maximum absolute atomic E-state index is 9.68. The summed E-state index contributed by atoms with van der Waals surface area (Å²) >= 11 is 0. The maximum atomic E-state index is 9.68. The number of pyridine rings is 1.